The Labute approximate surface area is 138 Å². The Morgan fingerprint density at radius 1 is 1.17 bits per heavy atom. The number of hydrogen-bond acceptors (Lipinski definition) is 3. The zero-order chi connectivity index (χ0) is 16.6. The van der Waals surface area contributed by atoms with Gasteiger partial charge < -0.3 is 0 Å². The molecule has 4 nitrogen and oxygen atoms in total. The van der Waals surface area contributed by atoms with E-state index in [-0.39, 0.29) is 17.9 Å². The van der Waals surface area contributed by atoms with Crippen molar-refractivity contribution in [2.24, 2.45) is 0 Å². The number of aryl methyl sites for hydroxylation is 1. The van der Waals surface area contributed by atoms with Gasteiger partial charge in [-0.25, -0.2) is 8.42 Å². The molecule has 2 heterocycles. The van der Waals surface area contributed by atoms with Gasteiger partial charge in [0.05, 0.1) is 10.9 Å². The standard InChI is InChI=1S/C18H23NO3S/c1-3-18(20)16-6-4-5-14-9-12-17(16)19(14)23(21,22)15-10-7-13(2)8-11-15/h6-8,10-11,14,17H,3-5,9,12H2,1-2H3/t14-,17-/m0/s1. The van der Waals surface area contributed by atoms with E-state index < -0.39 is 10.0 Å². The molecule has 0 aromatic heterocycles. The molecule has 0 saturated carbocycles. The van der Waals surface area contributed by atoms with Gasteiger partial charge in [0.15, 0.2) is 5.78 Å². The second-order valence-electron chi connectivity index (χ2n) is 6.41. The Morgan fingerprint density at radius 2 is 1.87 bits per heavy atom. The van der Waals surface area contributed by atoms with Gasteiger partial charge in [-0.1, -0.05) is 30.7 Å². The van der Waals surface area contributed by atoms with E-state index in [1.807, 2.05) is 32.1 Å². The summed E-state index contributed by atoms with van der Waals surface area (Å²) in [7, 11) is -3.57. The normalized spacial score (nSPS) is 25.0. The lowest BCUT2D eigenvalue weighted by molar-refractivity contribution is -0.115. The molecule has 124 valence electrons. The summed E-state index contributed by atoms with van der Waals surface area (Å²) in [6, 6.07) is 6.69. The molecule has 1 fully saturated rings. The number of sulfonamides is 1. The van der Waals surface area contributed by atoms with Crippen LogP contribution in [0.25, 0.3) is 0 Å². The fourth-order valence-electron chi connectivity index (χ4n) is 3.69. The Hall–Kier alpha value is -1.46. The molecule has 0 radical (unpaired) electrons. The number of allylic oxidation sites excluding steroid dienone is 1. The van der Waals surface area contributed by atoms with E-state index in [1.54, 1.807) is 16.4 Å². The Bertz CT molecular complexity index is 734. The highest BCUT2D eigenvalue weighted by atomic mass is 32.2. The van der Waals surface area contributed by atoms with Gasteiger partial charge in [-0.15, -0.1) is 0 Å². The first-order chi connectivity index (χ1) is 10.9. The molecular weight excluding hydrogens is 310 g/mol. The zero-order valence-corrected chi connectivity index (χ0v) is 14.5. The van der Waals surface area contributed by atoms with Gasteiger partial charge in [0.1, 0.15) is 0 Å². The molecule has 0 spiro atoms. The Balaban J connectivity index is 2.02. The predicted octanol–water partition coefficient (Wildman–Crippen LogP) is 3.22. The summed E-state index contributed by atoms with van der Waals surface area (Å²) in [5.74, 6) is 0.0710. The maximum Gasteiger partial charge on any atom is 0.243 e. The molecule has 1 aromatic rings. The van der Waals surface area contributed by atoms with Crippen LogP contribution >= 0.6 is 0 Å². The molecule has 0 unspecified atom stereocenters. The fraction of sp³-hybridized carbons (Fsp3) is 0.500. The van der Waals surface area contributed by atoms with Gasteiger partial charge in [-0.2, -0.15) is 4.31 Å². The fourth-order valence-corrected chi connectivity index (χ4v) is 5.57. The Morgan fingerprint density at radius 3 is 2.52 bits per heavy atom. The third kappa shape index (κ3) is 2.88. The topological polar surface area (TPSA) is 54.5 Å². The van der Waals surface area contributed by atoms with Gasteiger partial charge in [-0.3, -0.25) is 4.79 Å². The van der Waals surface area contributed by atoms with Gasteiger partial charge >= 0.3 is 0 Å². The van der Waals surface area contributed by atoms with Crippen LogP contribution < -0.4 is 0 Å². The number of Topliss-reactive ketones (excluding diaryl/α,β-unsaturated/α-hetero) is 1. The van der Waals surface area contributed by atoms with Crippen LogP contribution in [0.1, 0.15) is 44.6 Å². The van der Waals surface area contributed by atoms with Crippen LogP contribution in [0.2, 0.25) is 0 Å². The van der Waals surface area contributed by atoms with Crippen LogP contribution in [0.3, 0.4) is 0 Å². The van der Waals surface area contributed by atoms with Crippen LogP contribution in [0.4, 0.5) is 0 Å². The molecule has 2 atom stereocenters. The molecular formula is C18H23NO3S. The predicted molar refractivity (Wildman–Crippen MR) is 89.6 cm³/mol. The first kappa shape index (κ1) is 16.4. The van der Waals surface area contributed by atoms with Gasteiger partial charge in [-0.05, 0) is 44.7 Å². The third-order valence-corrected chi connectivity index (χ3v) is 6.88. The minimum absolute atomic E-state index is 0.00436. The summed E-state index contributed by atoms with van der Waals surface area (Å²) in [5, 5.41) is 0. The van der Waals surface area contributed by atoms with E-state index >= 15 is 0 Å². The SMILES string of the molecule is CCC(=O)C1=CCC[C@H]2CC[C@@H]1N2S(=O)(=O)c1ccc(C)cc1. The lowest BCUT2D eigenvalue weighted by atomic mass is 9.96. The largest absolute Gasteiger partial charge is 0.295 e. The average Bonchev–Trinajstić information content (AvgIpc) is 2.84. The summed E-state index contributed by atoms with van der Waals surface area (Å²) in [5.41, 5.74) is 1.73. The van der Waals surface area contributed by atoms with E-state index in [2.05, 4.69) is 0 Å². The number of fused-ring (bicyclic) bond motifs is 2. The average molecular weight is 333 g/mol. The highest BCUT2D eigenvalue weighted by Gasteiger charge is 2.45. The second-order valence-corrected chi connectivity index (χ2v) is 8.25. The van der Waals surface area contributed by atoms with Crippen molar-refractivity contribution in [3.8, 4) is 0 Å². The van der Waals surface area contributed by atoms with Crippen molar-refractivity contribution in [1.29, 1.82) is 0 Å². The van der Waals surface area contributed by atoms with Crippen molar-refractivity contribution in [2.75, 3.05) is 0 Å². The van der Waals surface area contributed by atoms with E-state index in [0.29, 0.717) is 16.9 Å². The van der Waals surface area contributed by atoms with Gasteiger partial charge in [0.2, 0.25) is 10.0 Å². The molecule has 2 aliphatic heterocycles. The molecule has 23 heavy (non-hydrogen) atoms. The zero-order valence-electron chi connectivity index (χ0n) is 13.7. The maximum atomic E-state index is 13.2. The number of benzene rings is 1. The maximum absolute atomic E-state index is 13.2. The van der Waals surface area contributed by atoms with E-state index in [4.69, 9.17) is 0 Å². The number of carbonyl (C=O) groups is 1. The van der Waals surface area contributed by atoms with E-state index in [9.17, 15) is 13.2 Å². The van der Waals surface area contributed by atoms with Crippen molar-refractivity contribution in [3.05, 3.63) is 41.5 Å². The van der Waals surface area contributed by atoms with Crippen molar-refractivity contribution in [2.45, 2.75) is 62.9 Å². The quantitative estimate of drug-likeness (QED) is 0.850. The van der Waals surface area contributed by atoms with Crippen molar-refractivity contribution in [1.82, 2.24) is 4.31 Å². The molecule has 1 saturated heterocycles. The molecule has 1 aromatic carbocycles. The van der Waals surface area contributed by atoms with E-state index in [1.165, 1.54) is 0 Å². The summed E-state index contributed by atoms with van der Waals surface area (Å²) in [6.07, 6.45) is 5.54. The first-order valence-electron chi connectivity index (χ1n) is 8.28. The summed E-state index contributed by atoms with van der Waals surface area (Å²) in [4.78, 5) is 12.6. The number of nitrogens with zero attached hydrogens (tertiary/aromatic N) is 1. The number of hydrogen-bond donors (Lipinski definition) is 0. The molecule has 2 bridgehead atoms. The monoisotopic (exact) mass is 333 g/mol. The third-order valence-electron chi connectivity index (χ3n) is 4.90. The smallest absolute Gasteiger partial charge is 0.243 e. The minimum atomic E-state index is -3.57. The van der Waals surface area contributed by atoms with Crippen LogP contribution in [0.5, 0.6) is 0 Å². The molecule has 2 aliphatic rings. The van der Waals surface area contributed by atoms with Crippen LogP contribution in [-0.2, 0) is 14.8 Å². The summed E-state index contributed by atoms with van der Waals surface area (Å²) < 4.78 is 27.9. The number of ketones is 1. The molecule has 0 aliphatic carbocycles. The summed E-state index contributed by atoms with van der Waals surface area (Å²) >= 11 is 0. The number of carbonyl (C=O) groups excluding carboxylic acids is 1. The van der Waals surface area contributed by atoms with Crippen molar-refractivity contribution < 1.29 is 13.2 Å². The lowest BCUT2D eigenvalue weighted by Crippen LogP contribution is -2.42. The van der Waals surface area contributed by atoms with Crippen molar-refractivity contribution >= 4 is 15.8 Å². The first-order valence-corrected chi connectivity index (χ1v) is 9.72. The molecule has 5 heteroatoms. The van der Waals surface area contributed by atoms with Crippen molar-refractivity contribution in [3.63, 3.8) is 0 Å². The molecule has 3 rings (SSSR count). The highest BCUT2D eigenvalue weighted by Crippen LogP contribution is 2.39. The molecule has 0 N–H and O–H groups in total. The number of rotatable bonds is 4. The van der Waals surface area contributed by atoms with Crippen LogP contribution in [-0.4, -0.2) is 30.6 Å². The van der Waals surface area contributed by atoms with E-state index in [0.717, 1.165) is 31.2 Å². The van der Waals surface area contributed by atoms with Crippen LogP contribution in [0, 0.1) is 6.92 Å². The van der Waals surface area contributed by atoms with Crippen LogP contribution in [0.15, 0.2) is 40.8 Å². The van der Waals surface area contributed by atoms with Gasteiger partial charge in [0.25, 0.3) is 0 Å². The molecule has 0 amide bonds. The highest BCUT2D eigenvalue weighted by molar-refractivity contribution is 7.89. The summed E-state index contributed by atoms with van der Waals surface area (Å²) in [6.45, 7) is 3.77. The minimum Gasteiger partial charge on any atom is -0.295 e. The second kappa shape index (κ2) is 6.21. The van der Waals surface area contributed by atoms with Gasteiger partial charge in [0, 0.05) is 18.0 Å². The Kier molecular flexibility index (Phi) is 4.43. The lowest BCUT2D eigenvalue weighted by Gasteiger charge is -2.28.